The molecule has 1 heterocycles. The molecule has 0 radical (unpaired) electrons. The minimum atomic E-state index is 0. The minimum absolute atomic E-state index is 0. The highest BCUT2D eigenvalue weighted by Crippen LogP contribution is 2.32. The van der Waals surface area contributed by atoms with Gasteiger partial charge in [-0.05, 0) is 43.0 Å². The fraction of sp³-hybridized carbons (Fsp3) is 0.562. The van der Waals surface area contributed by atoms with Gasteiger partial charge in [-0.15, -0.1) is 12.4 Å². The number of hydrogen-bond donors (Lipinski definition) is 2. The van der Waals surface area contributed by atoms with Crippen LogP contribution in [0.1, 0.15) is 31.2 Å². The molecule has 2 atom stereocenters. The van der Waals surface area contributed by atoms with Crippen molar-refractivity contribution in [3.8, 4) is 11.5 Å². The number of fused-ring (bicyclic) bond motifs is 1. The molecule has 0 spiro atoms. The summed E-state index contributed by atoms with van der Waals surface area (Å²) >= 11 is 0. The zero-order chi connectivity index (χ0) is 14.7. The van der Waals surface area contributed by atoms with Gasteiger partial charge in [0.15, 0.2) is 11.5 Å². The smallest absolute Gasteiger partial charge is 0.231 e. The molecule has 1 aromatic rings. The van der Waals surface area contributed by atoms with Gasteiger partial charge < -0.3 is 20.5 Å². The summed E-state index contributed by atoms with van der Waals surface area (Å²) in [4.78, 5) is 12.2. The lowest BCUT2D eigenvalue weighted by Gasteiger charge is -2.31. The van der Waals surface area contributed by atoms with Gasteiger partial charge in [0.1, 0.15) is 0 Å². The summed E-state index contributed by atoms with van der Waals surface area (Å²) in [6.07, 6.45) is 4.91. The van der Waals surface area contributed by atoms with Gasteiger partial charge >= 0.3 is 0 Å². The van der Waals surface area contributed by atoms with E-state index in [1.807, 2.05) is 18.2 Å². The first-order chi connectivity index (χ1) is 10.3. The Kier molecular flexibility index (Phi) is 5.91. The molecule has 1 amide bonds. The zero-order valence-electron chi connectivity index (χ0n) is 12.5. The summed E-state index contributed by atoms with van der Waals surface area (Å²) < 4.78 is 10.6. The topological polar surface area (TPSA) is 73.6 Å². The molecule has 22 heavy (non-hydrogen) atoms. The molecule has 122 valence electrons. The van der Waals surface area contributed by atoms with E-state index in [9.17, 15) is 4.79 Å². The number of benzene rings is 1. The molecule has 2 unspecified atom stereocenters. The van der Waals surface area contributed by atoms with Gasteiger partial charge in [-0.3, -0.25) is 4.79 Å². The van der Waals surface area contributed by atoms with Crippen molar-refractivity contribution in [3.63, 3.8) is 0 Å². The summed E-state index contributed by atoms with van der Waals surface area (Å²) in [5.74, 6) is 1.94. The molecule has 0 aromatic heterocycles. The van der Waals surface area contributed by atoms with E-state index in [-0.39, 0.29) is 31.1 Å². The summed E-state index contributed by atoms with van der Waals surface area (Å²) in [6, 6.07) is 5.87. The second kappa shape index (κ2) is 7.70. The fourth-order valence-corrected chi connectivity index (χ4v) is 3.17. The molecular formula is C16H23ClN2O3. The third-order valence-corrected chi connectivity index (χ3v) is 4.36. The van der Waals surface area contributed by atoms with Crippen molar-refractivity contribution < 1.29 is 14.3 Å². The van der Waals surface area contributed by atoms with Crippen molar-refractivity contribution in [2.75, 3.05) is 13.3 Å². The molecule has 2 aliphatic rings. The van der Waals surface area contributed by atoms with Gasteiger partial charge in [0.25, 0.3) is 0 Å². The number of amides is 1. The molecule has 0 saturated heterocycles. The maximum absolute atomic E-state index is 12.2. The normalized spacial score (nSPS) is 22.8. The van der Waals surface area contributed by atoms with E-state index in [0.29, 0.717) is 18.9 Å². The first-order valence-electron chi connectivity index (χ1n) is 7.64. The van der Waals surface area contributed by atoms with E-state index in [2.05, 4.69) is 5.32 Å². The molecular weight excluding hydrogens is 304 g/mol. The SMILES string of the molecule is Cl.NCC1CCCCC1NC(=O)Cc1ccc2c(c1)OCO2. The van der Waals surface area contributed by atoms with Gasteiger partial charge in [0, 0.05) is 6.04 Å². The van der Waals surface area contributed by atoms with Crippen LogP contribution in [0.3, 0.4) is 0 Å². The molecule has 1 aromatic carbocycles. The Balaban J connectivity index is 0.00000176. The first kappa shape index (κ1) is 16.9. The molecule has 1 aliphatic carbocycles. The summed E-state index contributed by atoms with van der Waals surface area (Å²) in [7, 11) is 0. The molecule has 3 rings (SSSR count). The first-order valence-corrected chi connectivity index (χ1v) is 7.64. The molecule has 0 bridgehead atoms. The quantitative estimate of drug-likeness (QED) is 0.887. The van der Waals surface area contributed by atoms with E-state index in [0.717, 1.165) is 29.9 Å². The average molecular weight is 327 g/mol. The van der Waals surface area contributed by atoms with Crippen molar-refractivity contribution >= 4 is 18.3 Å². The Morgan fingerprint density at radius 3 is 2.82 bits per heavy atom. The highest BCUT2D eigenvalue weighted by molar-refractivity contribution is 5.85. The van der Waals surface area contributed by atoms with E-state index >= 15 is 0 Å². The molecule has 1 fully saturated rings. The van der Waals surface area contributed by atoms with Gasteiger partial charge in [-0.25, -0.2) is 0 Å². The predicted molar refractivity (Wildman–Crippen MR) is 86.5 cm³/mol. The fourth-order valence-electron chi connectivity index (χ4n) is 3.17. The summed E-state index contributed by atoms with van der Waals surface area (Å²) in [6.45, 7) is 0.903. The maximum Gasteiger partial charge on any atom is 0.231 e. The number of rotatable bonds is 4. The predicted octanol–water partition coefficient (Wildman–Crippen LogP) is 2.01. The second-order valence-corrected chi connectivity index (χ2v) is 5.82. The lowest BCUT2D eigenvalue weighted by Crippen LogP contribution is -2.45. The van der Waals surface area contributed by atoms with E-state index in [4.69, 9.17) is 15.2 Å². The van der Waals surface area contributed by atoms with Crippen molar-refractivity contribution in [2.45, 2.75) is 38.1 Å². The number of carbonyl (C=O) groups excluding carboxylic acids is 1. The van der Waals surface area contributed by atoms with E-state index in [1.54, 1.807) is 0 Å². The number of carbonyl (C=O) groups is 1. The lowest BCUT2D eigenvalue weighted by molar-refractivity contribution is -0.121. The van der Waals surface area contributed by atoms with Gasteiger partial charge in [0.2, 0.25) is 12.7 Å². The van der Waals surface area contributed by atoms with E-state index in [1.165, 1.54) is 12.8 Å². The standard InChI is InChI=1S/C16H22N2O3.ClH/c17-9-12-3-1-2-4-13(12)18-16(19)8-11-5-6-14-15(7-11)21-10-20-14;/h5-7,12-13H,1-4,8-10,17H2,(H,18,19);1H. The van der Waals surface area contributed by atoms with Crippen LogP contribution in [0.15, 0.2) is 18.2 Å². The summed E-state index contributed by atoms with van der Waals surface area (Å²) in [5, 5.41) is 3.15. The van der Waals surface area contributed by atoms with Gasteiger partial charge in [-0.2, -0.15) is 0 Å². The van der Waals surface area contributed by atoms with Crippen LogP contribution in [-0.2, 0) is 11.2 Å². The minimum Gasteiger partial charge on any atom is -0.454 e. The third-order valence-electron chi connectivity index (χ3n) is 4.36. The Labute approximate surface area is 137 Å². The zero-order valence-corrected chi connectivity index (χ0v) is 13.4. The Hall–Kier alpha value is -1.46. The second-order valence-electron chi connectivity index (χ2n) is 5.82. The Morgan fingerprint density at radius 2 is 2.00 bits per heavy atom. The highest BCUT2D eigenvalue weighted by Gasteiger charge is 2.25. The van der Waals surface area contributed by atoms with Crippen molar-refractivity contribution in [1.29, 1.82) is 0 Å². The van der Waals surface area contributed by atoms with Crippen LogP contribution < -0.4 is 20.5 Å². The number of halogens is 1. The number of nitrogens with two attached hydrogens (primary N) is 1. The lowest BCUT2D eigenvalue weighted by atomic mass is 9.84. The van der Waals surface area contributed by atoms with Crippen LogP contribution in [0.4, 0.5) is 0 Å². The van der Waals surface area contributed by atoms with E-state index < -0.39 is 0 Å². The number of ether oxygens (including phenoxy) is 2. The molecule has 1 saturated carbocycles. The Morgan fingerprint density at radius 1 is 1.23 bits per heavy atom. The van der Waals surface area contributed by atoms with Crippen LogP contribution in [0.5, 0.6) is 11.5 Å². The molecule has 6 heteroatoms. The van der Waals surface area contributed by atoms with Crippen LogP contribution in [0, 0.1) is 5.92 Å². The van der Waals surface area contributed by atoms with Gasteiger partial charge in [0.05, 0.1) is 6.42 Å². The monoisotopic (exact) mass is 326 g/mol. The third kappa shape index (κ3) is 3.84. The van der Waals surface area contributed by atoms with Crippen LogP contribution in [0.25, 0.3) is 0 Å². The molecule has 3 N–H and O–H groups in total. The van der Waals surface area contributed by atoms with Crippen LogP contribution in [-0.4, -0.2) is 25.3 Å². The highest BCUT2D eigenvalue weighted by atomic mass is 35.5. The van der Waals surface area contributed by atoms with Gasteiger partial charge in [-0.1, -0.05) is 18.9 Å². The summed E-state index contributed by atoms with van der Waals surface area (Å²) in [5.41, 5.74) is 6.74. The maximum atomic E-state index is 12.2. The average Bonchev–Trinajstić information content (AvgIpc) is 2.95. The van der Waals surface area contributed by atoms with Crippen molar-refractivity contribution in [2.24, 2.45) is 11.7 Å². The number of hydrogen-bond acceptors (Lipinski definition) is 4. The largest absolute Gasteiger partial charge is 0.454 e. The molecule has 1 aliphatic heterocycles. The number of nitrogens with one attached hydrogen (secondary N) is 1. The van der Waals surface area contributed by atoms with Crippen LogP contribution in [0.2, 0.25) is 0 Å². The molecule has 5 nitrogen and oxygen atoms in total. The van der Waals surface area contributed by atoms with Crippen LogP contribution >= 0.6 is 12.4 Å². The Bertz CT molecular complexity index is 524. The van der Waals surface area contributed by atoms with Crippen molar-refractivity contribution in [3.05, 3.63) is 23.8 Å². The van der Waals surface area contributed by atoms with Crippen molar-refractivity contribution in [1.82, 2.24) is 5.32 Å².